The van der Waals surface area contributed by atoms with Gasteiger partial charge in [-0.05, 0) is 33.6 Å². The van der Waals surface area contributed by atoms with Crippen LogP contribution >= 0.6 is 0 Å². The van der Waals surface area contributed by atoms with Crippen molar-refractivity contribution in [3.05, 3.63) is 0 Å². The van der Waals surface area contributed by atoms with E-state index >= 15 is 0 Å². The summed E-state index contributed by atoms with van der Waals surface area (Å²) in [5.74, 6) is -3.52. The molecule has 164 valence electrons. The molecule has 0 radical (unpaired) electrons. The minimum atomic E-state index is -1.17. The van der Waals surface area contributed by atoms with Crippen molar-refractivity contribution >= 4 is 17.9 Å². The molecule has 0 aromatic heterocycles. The molecule has 0 aromatic rings. The van der Waals surface area contributed by atoms with Crippen LogP contribution in [0.5, 0.6) is 0 Å². The number of hydrogen-bond donors (Lipinski definition) is 3. The summed E-state index contributed by atoms with van der Waals surface area (Å²) in [5.41, 5.74) is 0. The van der Waals surface area contributed by atoms with Crippen LogP contribution in [0.4, 0.5) is 0 Å². The van der Waals surface area contributed by atoms with E-state index in [1.807, 2.05) is 0 Å². The van der Waals surface area contributed by atoms with E-state index in [0.29, 0.717) is 6.42 Å². The third kappa shape index (κ3) is 7.78. The first-order valence-corrected chi connectivity index (χ1v) is 10.7. The minimum absolute atomic E-state index is 0.227. The van der Waals surface area contributed by atoms with Crippen molar-refractivity contribution in [3.63, 3.8) is 0 Å². The Morgan fingerprint density at radius 1 is 0.607 bits per heavy atom. The Hall–Kier alpha value is -1.63. The molecular formula is C21H40NO6+. The van der Waals surface area contributed by atoms with Gasteiger partial charge >= 0.3 is 17.9 Å². The number of quaternary nitrogens is 1. The first-order valence-electron chi connectivity index (χ1n) is 10.7. The summed E-state index contributed by atoms with van der Waals surface area (Å²) in [5, 5.41) is 28.6. The molecule has 3 atom stereocenters. The third-order valence-corrected chi connectivity index (χ3v) is 6.13. The van der Waals surface area contributed by atoms with Crippen molar-refractivity contribution in [1.29, 1.82) is 0 Å². The van der Waals surface area contributed by atoms with Crippen molar-refractivity contribution in [3.8, 4) is 0 Å². The van der Waals surface area contributed by atoms with Crippen LogP contribution in [0.15, 0.2) is 0 Å². The van der Waals surface area contributed by atoms with E-state index < -0.39 is 40.5 Å². The van der Waals surface area contributed by atoms with Crippen LogP contribution < -0.4 is 0 Å². The Bertz CT molecular complexity index is 443. The molecule has 0 spiro atoms. The van der Waals surface area contributed by atoms with Crippen LogP contribution in [-0.2, 0) is 14.4 Å². The van der Waals surface area contributed by atoms with Gasteiger partial charge in [0.1, 0.15) is 0 Å². The summed E-state index contributed by atoms with van der Waals surface area (Å²) in [7, 11) is 0. The molecule has 3 N–H and O–H groups in total. The molecule has 0 fully saturated rings. The first kappa shape index (κ1) is 26.4. The zero-order valence-corrected chi connectivity index (χ0v) is 18.0. The van der Waals surface area contributed by atoms with Gasteiger partial charge in [-0.15, -0.1) is 0 Å². The highest BCUT2D eigenvalue weighted by atomic mass is 16.4. The molecule has 0 saturated heterocycles. The number of rotatable bonds is 17. The molecular weight excluding hydrogens is 362 g/mol. The molecule has 0 aliphatic heterocycles. The van der Waals surface area contributed by atoms with Crippen LogP contribution in [0.3, 0.4) is 0 Å². The maximum absolute atomic E-state index is 11.7. The number of unbranched alkanes of at least 4 members (excludes halogenated alkanes) is 9. The van der Waals surface area contributed by atoms with E-state index in [0.717, 1.165) is 19.3 Å². The maximum Gasteiger partial charge on any atom is 0.362 e. The van der Waals surface area contributed by atoms with Gasteiger partial charge in [-0.1, -0.05) is 58.3 Å². The average Bonchev–Trinajstić information content (AvgIpc) is 2.64. The van der Waals surface area contributed by atoms with Crippen LogP contribution in [0.2, 0.25) is 0 Å². The largest absolute Gasteiger partial charge is 0.477 e. The predicted molar refractivity (Wildman–Crippen MR) is 108 cm³/mol. The number of carboxylic acids is 3. The fraction of sp³-hybridized carbons (Fsp3) is 0.857. The molecule has 0 aliphatic carbocycles. The van der Waals surface area contributed by atoms with Gasteiger partial charge in [-0.25, -0.2) is 14.4 Å². The van der Waals surface area contributed by atoms with Crippen LogP contribution in [0, 0.1) is 0 Å². The van der Waals surface area contributed by atoms with Gasteiger partial charge in [0.15, 0.2) is 18.1 Å². The molecule has 0 bridgehead atoms. The Balaban J connectivity index is 4.88. The lowest BCUT2D eigenvalue weighted by molar-refractivity contribution is -0.968. The Morgan fingerprint density at radius 3 is 1.18 bits per heavy atom. The molecule has 28 heavy (non-hydrogen) atoms. The minimum Gasteiger partial charge on any atom is -0.477 e. The lowest BCUT2D eigenvalue weighted by atomic mass is 10.00. The monoisotopic (exact) mass is 402 g/mol. The number of aliphatic carboxylic acids is 3. The number of hydrogen-bond acceptors (Lipinski definition) is 3. The van der Waals surface area contributed by atoms with Crippen LogP contribution in [-0.4, -0.2) is 62.4 Å². The van der Waals surface area contributed by atoms with Crippen molar-refractivity contribution < 1.29 is 34.2 Å². The number of carbonyl (C=O) groups is 3. The molecule has 3 unspecified atom stereocenters. The summed E-state index contributed by atoms with van der Waals surface area (Å²) in [6, 6.07) is -3.35. The topological polar surface area (TPSA) is 112 Å². The number of nitrogens with zero attached hydrogens (tertiary/aromatic N) is 1. The SMILES string of the molecule is CCCCCCCCCCCC[N+](C(C)C(=O)O)(C(C)C(=O)O)C(C)C(=O)O. The lowest BCUT2D eigenvalue weighted by Gasteiger charge is -2.47. The zero-order chi connectivity index (χ0) is 21.7. The van der Waals surface area contributed by atoms with Gasteiger partial charge < -0.3 is 15.3 Å². The normalized spacial score (nSPS) is 16.7. The molecule has 0 aromatic carbocycles. The van der Waals surface area contributed by atoms with Crippen molar-refractivity contribution in [2.75, 3.05) is 6.54 Å². The third-order valence-electron chi connectivity index (χ3n) is 6.13. The molecule has 7 heteroatoms. The molecule has 0 amide bonds. The van der Waals surface area contributed by atoms with Crippen molar-refractivity contribution in [2.45, 2.75) is 110 Å². The maximum atomic E-state index is 11.7. The van der Waals surface area contributed by atoms with Gasteiger partial charge in [0.25, 0.3) is 0 Å². The van der Waals surface area contributed by atoms with Gasteiger partial charge in [0.2, 0.25) is 0 Å². The van der Waals surface area contributed by atoms with E-state index in [4.69, 9.17) is 0 Å². The molecule has 0 heterocycles. The smallest absolute Gasteiger partial charge is 0.362 e. The molecule has 7 nitrogen and oxygen atoms in total. The Labute approximate surface area is 169 Å². The van der Waals surface area contributed by atoms with Crippen molar-refractivity contribution in [1.82, 2.24) is 0 Å². The Kier molecular flexibility index (Phi) is 12.7. The summed E-state index contributed by atoms with van der Waals surface area (Å²) in [4.78, 5) is 35.0. The van der Waals surface area contributed by atoms with Gasteiger partial charge in [0.05, 0.1) is 6.54 Å². The summed E-state index contributed by atoms with van der Waals surface area (Å²) < 4.78 is -0.475. The van der Waals surface area contributed by atoms with E-state index in [9.17, 15) is 29.7 Å². The number of carboxylic acid groups (broad SMARTS) is 3. The fourth-order valence-corrected chi connectivity index (χ4v) is 4.08. The van der Waals surface area contributed by atoms with Gasteiger partial charge in [0, 0.05) is 0 Å². The standard InChI is InChI=1S/C21H39NO6/c1-5-6-7-8-9-10-11-12-13-14-15-22(16(2)19(23)24,17(3)20(25)26)18(4)21(27)28/h16-18H,5-15H2,1-4H3,(H2-,23,24,25,26,27,28)/p+1. The average molecular weight is 403 g/mol. The first-order chi connectivity index (χ1) is 13.1. The molecule has 0 aliphatic rings. The van der Waals surface area contributed by atoms with E-state index in [1.54, 1.807) is 0 Å². The van der Waals surface area contributed by atoms with Crippen LogP contribution in [0.25, 0.3) is 0 Å². The van der Waals surface area contributed by atoms with Crippen LogP contribution in [0.1, 0.15) is 91.9 Å². The van der Waals surface area contributed by atoms with Crippen molar-refractivity contribution in [2.24, 2.45) is 0 Å². The fourth-order valence-electron chi connectivity index (χ4n) is 4.08. The highest BCUT2D eigenvalue weighted by Gasteiger charge is 2.52. The zero-order valence-electron chi connectivity index (χ0n) is 18.0. The lowest BCUT2D eigenvalue weighted by Crippen LogP contribution is -2.70. The van der Waals surface area contributed by atoms with E-state index in [-0.39, 0.29) is 6.54 Å². The quantitative estimate of drug-likeness (QED) is 0.249. The molecule has 0 saturated carbocycles. The second kappa shape index (κ2) is 13.5. The second-order valence-electron chi connectivity index (χ2n) is 7.94. The van der Waals surface area contributed by atoms with E-state index in [1.165, 1.54) is 59.3 Å². The summed E-state index contributed by atoms with van der Waals surface area (Å²) >= 11 is 0. The highest BCUT2D eigenvalue weighted by molar-refractivity contribution is 5.77. The van der Waals surface area contributed by atoms with E-state index in [2.05, 4.69) is 6.92 Å². The predicted octanol–water partition coefficient (Wildman–Crippen LogP) is 4.14. The van der Waals surface area contributed by atoms with Gasteiger partial charge in [-0.2, -0.15) is 0 Å². The Morgan fingerprint density at radius 2 is 0.893 bits per heavy atom. The second-order valence-corrected chi connectivity index (χ2v) is 7.94. The highest BCUT2D eigenvalue weighted by Crippen LogP contribution is 2.27. The summed E-state index contributed by atoms with van der Waals surface area (Å²) in [6.07, 6.45) is 11.0. The summed E-state index contributed by atoms with van der Waals surface area (Å²) in [6.45, 7) is 6.66. The molecule has 0 rings (SSSR count). The van der Waals surface area contributed by atoms with Gasteiger partial charge in [-0.3, -0.25) is 4.48 Å².